The number of rotatable bonds is 5. The van der Waals surface area contributed by atoms with Gasteiger partial charge in [0.05, 0.1) is 9.85 Å². The van der Waals surface area contributed by atoms with Gasteiger partial charge < -0.3 is 4.74 Å². The van der Waals surface area contributed by atoms with Crippen LogP contribution in [0.3, 0.4) is 0 Å². The lowest BCUT2D eigenvalue weighted by molar-refractivity contribution is -0.421. The molecule has 0 saturated heterocycles. The summed E-state index contributed by atoms with van der Waals surface area (Å²) in [6, 6.07) is 11.2. The third kappa shape index (κ3) is 4.03. The Kier molecular flexibility index (Phi) is 5.05. The highest BCUT2D eigenvalue weighted by molar-refractivity contribution is 5.90. The number of aryl methyl sites for hydroxylation is 1. The van der Waals surface area contributed by atoms with Gasteiger partial charge in [-0.3, -0.25) is 25.5 Å². The van der Waals surface area contributed by atoms with Crippen LogP contribution in [0.25, 0.3) is 0 Å². The number of hydrogen-bond donors (Lipinski definition) is 1. The van der Waals surface area contributed by atoms with E-state index in [1.807, 2.05) is 0 Å². The van der Waals surface area contributed by atoms with Crippen molar-refractivity contribution in [2.75, 3.05) is 5.32 Å². The molecule has 0 atom stereocenters. The van der Waals surface area contributed by atoms with Crippen LogP contribution in [0.4, 0.5) is 21.9 Å². The van der Waals surface area contributed by atoms with Gasteiger partial charge in [-0.25, -0.2) is 4.79 Å². The molecule has 1 amide bonds. The van der Waals surface area contributed by atoms with Gasteiger partial charge in [0.1, 0.15) is 12.3 Å². The van der Waals surface area contributed by atoms with Crippen molar-refractivity contribution in [1.29, 1.82) is 0 Å². The molecule has 9 nitrogen and oxygen atoms in total. The first-order valence-electron chi connectivity index (χ1n) is 6.79. The minimum absolute atomic E-state index is 0.0334. The summed E-state index contributed by atoms with van der Waals surface area (Å²) < 4.78 is 4.96. The highest BCUT2D eigenvalue weighted by Crippen LogP contribution is 2.36. The number of carbonyl (C=O) groups is 1. The van der Waals surface area contributed by atoms with Gasteiger partial charge in [-0.15, -0.1) is 0 Å². The lowest BCUT2D eigenvalue weighted by Gasteiger charge is -2.08. The summed E-state index contributed by atoms with van der Waals surface area (Å²) in [5, 5.41) is 24.3. The molecule has 0 fully saturated rings. The van der Waals surface area contributed by atoms with Crippen molar-refractivity contribution in [2.24, 2.45) is 0 Å². The van der Waals surface area contributed by atoms with Crippen LogP contribution in [0.2, 0.25) is 0 Å². The Bertz CT molecular complexity index is 791. The highest BCUT2D eigenvalue weighted by Gasteiger charge is 2.30. The van der Waals surface area contributed by atoms with Gasteiger partial charge in [-0.05, 0) is 24.1 Å². The number of benzene rings is 2. The monoisotopic (exact) mass is 331 g/mol. The second kappa shape index (κ2) is 7.18. The SMILES string of the molecule is Cc1cc(NC(=O)OCc2ccccc2)c([N+](=O)[O-])c([N+](=O)[O-])c1. The lowest BCUT2D eigenvalue weighted by Crippen LogP contribution is -2.15. The number of ether oxygens (including phenoxy) is 1. The number of hydrogen-bond acceptors (Lipinski definition) is 6. The van der Waals surface area contributed by atoms with Crippen LogP contribution in [0, 0.1) is 27.2 Å². The molecule has 0 saturated carbocycles. The van der Waals surface area contributed by atoms with Crippen molar-refractivity contribution in [1.82, 2.24) is 0 Å². The predicted molar refractivity (Wildman–Crippen MR) is 84.7 cm³/mol. The van der Waals surface area contributed by atoms with E-state index >= 15 is 0 Å². The fourth-order valence-corrected chi connectivity index (χ4v) is 2.06. The molecule has 0 aliphatic heterocycles. The van der Waals surface area contributed by atoms with Crippen molar-refractivity contribution >= 4 is 23.2 Å². The molecule has 2 aromatic rings. The van der Waals surface area contributed by atoms with Crippen molar-refractivity contribution in [3.63, 3.8) is 0 Å². The van der Waals surface area contributed by atoms with E-state index < -0.39 is 27.3 Å². The number of nitro groups is 2. The first kappa shape index (κ1) is 16.9. The van der Waals surface area contributed by atoms with Gasteiger partial charge in [0, 0.05) is 6.07 Å². The van der Waals surface area contributed by atoms with Crippen molar-refractivity contribution < 1.29 is 19.4 Å². The number of nitrogens with one attached hydrogen (secondary N) is 1. The van der Waals surface area contributed by atoms with E-state index in [0.29, 0.717) is 5.56 Å². The van der Waals surface area contributed by atoms with E-state index in [1.165, 1.54) is 13.0 Å². The second-order valence-corrected chi connectivity index (χ2v) is 4.88. The van der Waals surface area contributed by atoms with Crippen LogP contribution >= 0.6 is 0 Å². The van der Waals surface area contributed by atoms with E-state index in [2.05, 4.69) is 5.32 Å². The van der Waals surface area contributed by atoms with Crippen molar-refractivity contribution in [2.45, 2.75) is 13.5 Å². The predicted octanol–water partition coefficient (Wildman–Crippen LogP) is 3.56. The Labute approximate surface area is 136 Å². The number of carbonyl (C=O) groups excluding carboxylic acids is 1. The van der Waals surface area contributed by atoms with E-state index in [0.717, 1.165) is 11.6 Å². The van der Waals surface area contributed by atoms with Crippen LogP contribution in [0.5, 0.6) is 0 Å². The van der Waals surface area contributed by atoms with Gasteiger partial charge in [0.2, 0.25) is 0 Å². The summed E-state index contributed by atoms with van der Waals surface area (Å²) in [4.78, 5) is 32.2. The lowest BCUT2D eigenvalue weighted by atomic mass is 10.1. The van der Waals surface area contributed by atoms with Gasteiger partial charge in [0.15, 0.2) is 0 Å². The topological polar surface area (TPSA) is 125 Å². The molecule has 9 heteroatoms. The Morgan fingerprint density at radius 1 is 1.12 bits per heavy atom. The zero-order chi connectivity index (χ0) is 17.7. The third-order valence-electron chi connectivity index (χ3n) is 3.06. The average Bonchev–Trinajstić information content (AvgIpc) is 2.53. The molecule has 0 bridgehead atoms. The molecule has 1 N–H and O–H groups in total. The molecule has 0 unspecified atom stereocenters. The Morgan fingerprint density at radius 3 is 2.38 bits per heavy atom. The van der Waals surface area contributed by atoms with Gasteiger partial charge in [-0.2, -0.15) is 0 Å². The molecule has 0 aliphatic rings. The molecular weight excluding hydrogens is 318 g/mol. The maximum Gasteiger partial charge on any atom is 0.412 e. The van der Waals surface area contributed by atoms with Gasteiger partial charge >= 0.3 is 17.5 Å². The van der Waals surface area contributed by atoms with Gasteiger partial charge in [-0.1, -0.05) is 30.3 Å². The van der Waals surface area contributed by atoms with Crippen LogP contribution in [-0.2, 0) is 11.3 Å². The zero-order valence-corrected chi connectivity index (χ0v) is 12.6. The zero-order valence-electron chi connectivity index (χ0n) is 12.6. The fourth-order valence-electron chi connectivity index (χ4n) is 2.06. The van der Waals surface area contributed by atoms with Crippen LogP contribution in [0.15, 0.2) is 42.5 Å². The first-order valence-corrected chi connectivity index (χ1v) is 6.79. The second-order valence-electron chi connectivity index (χ2n) is 4.88. The Balaban J connectivity index is 2.20. The molecule has 2 aromatic carbocycles. The van der Waals surface area contributed by atoms with E-state index in [9.17, 15) is 25.0 Å². The molecule has 0 spiro atoms. The summed E-state index contributed by atoms with van der Waals surface area (Å²) in [5.41, 5.74) is -0.645. The Morgan fingerprint density at radius 2 is 1.79 bits per heavy atom. The van der Waals surface area contributed by atoms with E-state index in [4.69, 9.17) is 4.74 Å². The highest BCUT2D eigenvalue weighted by atomic mass is 16.6. The summed E-state index contributed by atoms with van der Waals surface area (Å²) in [6.07, 6.45) is -0.943. The molecular formula is C15H13N3O6. The first-order chi connectivity index (χ1) is 11.4. The fraction of sp³-hybridized carbons (Fsp3) is 0.133. The molecule has 0 aliphatic carbocycles. The minimum atomic E-state index is -0.943. The normalized spacial score (nSPS) is 10.0. The molecule has 124 valence electrons. The maximum atomic E-state index is 11.8. The molecule has 2 rings (SSSR count). The van der Waals surface area contributed by atoms with E-state index in [-0.39, 0.29) is 12.3 Å². The standard InChI is InChI=1S/C15H13N3O6/c1-10-7-12(14(18(22)23)13(8-10)17(20)21)16-15(19)24-9-11-5-3-2-4-6-11/h2-8H,9H2,1H3,(H,16,19). The maximum absolute atomic E-state index is 11.8. The number of amides is 1. The van der Waals surface area contributed by atoms with Crippen LogP contribution in [0.1, 0.15) is 11.1 Å². The van der Waals surface area contributed by atoms with E-state index in [1.54, 1.807) is 30.3 Å². The largest absolute Gasteiger partial charge is 0.444 e. The summed E-state index contributed by atoms with van der Waals surface area (Å²) in [7, 11) is 0. The summed E-state index contributed by atoms with van der Waals surface area (Å²) in [6.45, 7) is 1.49. The van der Waals surface area contributed by atoms with Crippen molar-refractivity contribution in [3.8, 4) is 0 Å². The number of nitrogens with zero attached hydrogens (tertiary/aromatic N) is 2. The third-order valence-corrected chi connectivity index (χ3v) is 3.06. The molecule has 0 radical (unpaired) electrons. The van der Waals surface area contributed by atoms with Crippen LogP contribution < -0.4 is 5.32 Å². The summed E-state index contributed by atoms with van der Waals surface area (Å²) in [5.74, 6) is 0. The Hall–Kier alpha value is -3.49. The average molecular weight is 331 g/mol. The minimum Gasteiger partial charge on any atom is -0.444 e. The quantitative estimate of drug-likeness (QED) is 0.659. The van der Waals surface area contributed by atoms with Crippen LogP contribution in [-0.4, -0.2) is 15.9 Å². The molecule has 0 aromatic heterocycles. The van der Waals surface area contributed by atoms with Crippen molar-refractivity contribution in [3.05, 3.63) is 73.8 Å². The molecule has 0 heterocycles. The smallest absolute Gasteiger partial charge is 0.412 e. The molecule has 24 heavy (non-hydrogen) atoms. The number of nitro benzene ring substituents is 2. The number of anilines is 1. The van der Waals surface area contributed by atoms with Gasteiger partial charge in [0.25, 0.3) is 0 Å². The summed E-state index contributed by atoms with van der Waals surface area (Å²) >= 11 is 0.